The molecule has 0 saturated heterocycles. The summed E-state index contributed by atoms with van der Waals surface area (Å²) in [5.41, 5.74) is 2.32. The van der Waals surface area contributed by atoms with Crippen molar-refractivity contribution < 1.29 is 4.79 Å². The molecule has 1 heterocycles. The molecule has 2 aromatic carbocycles. The first-order chi connectivity index (χ1) is 12.3. The summed E-state index contributed by atoms with van der Waals surface area (Å²) in [6, 6.07) is 9.39. The number of halogens is 6. The SMILES string of the molecule is O=Cc1cc(-c2cc(Cl)c(Cl)cc2Cl)nc(-c2cc(Cl)c(Cl)cc2Cl)c1. The molecule has 0 aliphatic rings. The van der Waals surface area contributed by atoms with Crippen LogP contribution in [0, 0.1) is 0 Å². The Morgan fingerprint density at radius 2 is 0.962 bits per heavy atom. The molecule has 0 radical (unpaired) electrons. The van der Waals surface area contributed by atoms with Gasteiger partial charge in [-0.05, 0) is 36.4 Å². The van der Waals surface area contributed by atoms with Crippen molar-refractivity contribution in [1.82, 2.24) is 4.98 Å². The molecule has 0 aliphatic carbocycles. The topological polar surface area (TPSA) is 30.0 Å². The van der Waals surface area contributed by atoms with Gasteiger partial charge in [0.1, 0.15) is 6.29 Å². The maximum Gasteiger partial charge on any atom is 0.150 e. The van der Waals surface area contributed by atoms with Crippen molar-refractivity contribution in [2.75, 3.05) is 0 Å². The summed E-state index contributed by atoms with van der Waals surface area (Å²) in [6.07, 6.45) is 0.700. The molecule has 0 saturated carbocycles. The molecule has 1 aromatic heterocycles. The van der Waals surface area contributed by atoms with Gasteiger partial charge in [0.25, 0.3) is 0 Å². The maximum atomic E-state index is 11.4. The van der Waals surface area contributed by atoms with E-state index in [0.717, 1.165) is 0 Å². The number of hydrogen-bond donors (Lipinski definition) is 0. The van der Waals surface area contributed by atoms with Gasteiger partial charge in [0.2, 0.25) is 0 Å². The molecule has 0 N–H and O–H groups in total. The summed E-state index contributed by atoms with van der Waals surface area (Å²) >= 11 is 36.7. The Kier molecular flexibility index (Phi) is 6.03. The lowest BCUT2D eigenvalue weighted by Gasteiger charge is -2.11. The van der Waals surface area contributed by atoms with E-state index < -0.39 is 0 Å². The summed E-state index contributed by atoms with van der Waals surface area (Å²) in [4.78, 5) is 16.0. The predicted molar refractivity (Wildman–Crippen MR) is 111 cm³/mol. The van der Waals surface area contributed by atoms with Crippen molar-refractivity contribution in [3.05, 3.63) is 72.1 Å². The Labute approximate surface area is 179 Å². The second-order valence-corrected chi connectivity index (χ2v) is 7.72. The zero-order chi connectivity index (χ0) is 19.0. The number of aldehydes is 1. The predicted octanol–water partition coefficient (Wildman–Crippen LogP) is 8.15. The molecule has 0 atom stereocenters. The molecular formula is C18H7Cl6NO. The summed E-state index contributed by atoms with van der Waals surface area (Å²) in [5.74, 6) is 0. The van der Waals surface area contributed by atoms with Crippen molar-refractivity contribution in [1.29, 1.82) is 0 Å². The fraction of sp³-hybridized carbons (Fsp3) is 0. The van der Waals surface area contributed by atoms with E-state index in [-0.39, 0.29) is 0 Å². The van der Waals surface area contributed by atoms with Crippen molar-refractivity contribution in [3.8, 4) is 22.5 Å². The number of benzene rings is 2. The van der Waals surface area contributed by atoms with Crippen molar-refractivity contribution in [3.63, 3.8) is 0 Å². The summed E-state index contributed by atoms with van der Waals surface area (Å²) < 4.78 is 0. The third kappa shape index (κ3) is 3.96. The monoisotopic (exact) mass is 463 g/mol. The molecule has 0 bridgehead atoms. The molecule has 0 fully saturated rings. The molecule has 132 valence electrons. The first kappa shape index (κ1) is 19.8. The highest BCUT2D eigenvalue weighted by Crippen LogP contribution is 2.38. The van der Waals surface area contributed by atoms with Crippen LogP contribution in [0.2, 0.25) is 30.1 Å². The van der Waals surface area contributed by atoms with E-state index in [2.05, 4.69) is 4.98 Å². The highest BCUT2D eigenvalue weighted by molar-refractivity contribution is 6.44. The Balaban J connectivity index is 2.25. The van der Waals surface area contributed by atoms with Gasteiger partial charge in [0, 0.05) is 16.7 Å². The Bertz CT molecular complexity index is 959. The average molecular weight is 466 g/mol. The van der Waals surface area contributed by atoms with Gasteiger partial charge in [0.05, 0.1) is 41.5 Å². The van der Waals surface area contributed by atoms with Gasteiger partial charge in [-0.25, -0.2) is 4.98 Å². The standard InChI is InChI=1S/C18H7Cl6NO/c19-11-5-15(23)13(21)3-9(11)17-1-8(7-26)2-18(25-17)10-4-14(22)16(24)6-12(10)20/h1-7H. The lowest BCUT2D eigenvalue weighted by molar-refractivity contribution is 0.112. The van der Waals surface area contributed by atoms with Gasteiger partial charge in [-0.15, -0.1) is 0 Å². The van der Waals surface area contributed by atoms with E-state index in [1.807, 2.05) is 0 Å². The minimum Gasteiger partial charge on any atom is -0.298 e. The molecule has 26 heavy (non-hydrogen) atoms. The van der Waals surface area contributed by atoms with Crippen LogP contribution < -0.4 is 0 Å². The van der Waals surface area contributed by atoms with Crippen LogP contribution in [0.15, 0.2) is 36.4 Å². The third-order valence-corrected chi connectivity index (χ3v) is 5.63. The highest BCUT2D eigenvalue weighted by atomic mass is 35.5. The van der Waals surface area contributed by atoms with Crippen LogP contribution in [-0.2, 0) is 0 Å². The Hall–Kier alpha value is -1.000. The molecule has 8 heteroatoms. The van der Waals surface area contributed by atoms with E-state index in [0.29, 0.717) is 64.5 Å². The van der Waals surface area contributed by atoms with Gasteiger partial charge in [0.15, 0.2) is 0 Å². The van der Waals surface area contributed by atoms with Crippen LogP contribution in [-0.4, -0.2) is 11.3 Å². The van der Waals surface area contributed by atoms with Gasteiger partial charge in [-0.3, -0.25) is 4.79 Å². The van der Waals surface area contributed by atoms with E-state index in [1.54, 1.807) is 24.3 Å². The zero-order valence-corrected chi connectivity index (χ0v) is 17.2. The van der Waals surface area contributed by atoms with Crippen LogP contribution >= 0.6 is 69.6 Å². The lowest BCUT2D eigenvalue weighted by atomic mass is 10.0. The molecule has 0 aliphatic heterocycles. The number of hydrogen-bond acceptors (Lipinski definition) is 2. The molecular weight excluding hydrogens is 459 g/mol. The average Bonchev–Trinajstić information content (AvgIpc) is 2.60. The second-order valence-electron chi connectivity index (χ2n) is 5.28. The number of aromatic nitrogens is 1. The largest absolute Gasteiger partial charge is 0.298 e. The van der Waals surface area contributed by atoms with Crippen LogP contribution in [0.1, 0.15) is 10.4 Å². The first-order valence-electron chi connectivity index (χ1n) is 7.07. The van der Waals surface area contributed by atoms with Crippen molar-refractivity contribution in [2.24, 2.45) is 0 Å². The Morgan fingerprint density at radius 3 is 1.35 bits per heavy atom. The van der Waals surface area contributed by atoms with Crippen LogP contribution in [0.4, 0.5) is 0 Å². The molecule has 0 amide bonds. The lowest BCUT2D eigenvalue weighted by Crippen LogP contribution is -1.94. The zero-order valence-electron chi connectivity index (χ0n) is 12.7. The van der Waals surface area contributed by atoms with E-state index in [4.69, 9.17) is 69.6 Å². The fourth-order valence-corrected chi connectivity index (χ4v) is 3.62. The molecule has 3 rings (SSSR count). The van der Waals surface area contributed by atoms with Crippen LogP contribution in [0.5, 0.6) is 0 Å². The normalized spacial score (nSPS) is 10.8. The number of nitrogens with zero attached hydrogens (tertiary/aromatic N) is 1. The second kappa shape index (κ2) is 7.93. The number of carbonyl (C=O) groups is 1. The minimum absolute atomic E-state index is 0.318. The van der Waals surface area contributed by atoms with E-state index >= 15 is 0 Å². The maximum absolute atomic E-state index is 11.4. The minimum atomic E-state index is 0.318. The summed E-state index contributed by atoms with van der Waals surface area (Å²) in [7, 11) is 0. The van der Waals surface area contributed by atoms with Crippen molar-refractivity contribution >= 4 is 75.9 Å². The summed E-state index contributed by atoms with van der Waals surface area (Å²) in [5, 5.41) is 1.97. The molecule has 0 unspecified atom stereocenters. The highest BCUT2D eigenvalue weighted by Gasteiger charge is 2.15. The number of pyridine rings is 1. The summed E-state index contributed by atoms with van der Waals surface area (Å²) in [6.45, 7) is 0. The third-order valence-electron chi connectivity index (χ3n) is 3.56. The number of rotatable bonds is 3. The van der Waals surface area contributed by atoms with Crippen LogP contribution in [0.25, 0.3) is 22.5 Å². The number of carbonyl (C=O) groups excluding carboxylic acids is 1. The van der Waals surface area contributed by atoms with Gasteiger partial charge in [-0.1, -0.05) is 69.6 Å². The molecule has 2 nitrogen and oxygen atoms in total. The smallest absolute Gasteiger partial charge is 0.150 e. The van der Waals surface area contributed by atoms with E-state index in [9.17, 15) is 4.79 Å². The Morgan fingerprint density at radius 1 is 0.577 bits per heavy atom. The van der Waals surface area contributed by atoms with Gasteiger partial charge in [-0.2, -0.15) is 0 Å². The van der Waals surface area contributed by atoms with E-state index in [1.165, 1.54) is 12.1 Å². The fourth-order valence-electron chi connectivity index (χ4n) is 2.33. The quantitative estimate of drug-likeness (QED) is 0.288. The molecule has 0 spiro atoms. The molecule has 3 aromatic rings. The van der Waals surface area contributed by atoms with Crippen LogP contribution in [0.3, 0.4) is 0 Å². The van der Waals surface area contributed by atoms with Gasteiger partial charge < -0.3 is 0 Å². The first-order valence-corrected chi connectivity index (χ1v) is 9.34. The van der Waals surface area contributed by atoms with Crippen molar-refractivity contribution in [2.45, 2.75) is 0 Å². The van der Waals surface area contributed by atoms with Gasteiger partial charge >= 0.3 is 0 Å².